The SMILES string of the molecule is Cc1ccc(N2C(=O)C3CCC(C3)C2=O)cc1N. The van der Waals surface area contributed by atoms with Crippen molar-refractivity contribution < 1.29 is 9.59 Å². The number of imide groups is 1. The highest BCUT2D eigenvalue weighted by Crippen LogP contribution is 2.40. The molecule has 1 aromatic rings. The highest BCUT2D eigenvalue weighted by Gasteiger charge is 2.45. The number of piperidine rings is 1. The first kappa shape index (κ1) is 11.3. The molecule has 2 N–H and O–H groups in total. The summed E-state index contributed by atoms with van der Waals surface area (Å²) in [5.74, 6) is -0.0699. The van der Waals surface area contributed by atoms with Gasteiger partial charge in [-0.25, -0.2) is 0 Å². The summed E-state index contributed by atoms with van der Waals surface area (Å²) >= 11 is 0. The van der Waals surface area contributed by atoms with E-state index in [0.717, 1.165) is 24.8 Å². The number of hydrogen-bond acceptors (Lipinski definition) is 3. The van der Waals surface area contributed by atoms with Crippen LogP contribution in [0, 0.1) is 18.8 Å². The van der Waals surface area contributed by atoms with Gasteiger partial charge in [-0.15, -0.1) is 0 Å². The summed E-state index contributed by atoms with van der Waals surface area (Å²) in [6.07, 6.45) is 2.41. The van der Waals surface area contributed by atoms with Crippen LogP contribution in [0.25, 0.3) is 0 Å². The van der Waals surface area contributed by atoms with Crippen LogP contribution < -0.4 is 10.6 Å². The molecule has 1 aliphatic heterocycles. The Balaban J connectivity index is 2.02. The monoisotopic (exact) mass is 244 g/mol. The molecule has 0 aromatic heterocycles. The smallest absolute Gasteiger partial charge is 0.236 e. The minimum absolute atomic E-state index is 0.0234. The number of nitrogens with zero attached hydrogens (tertiary/aromatic N) is 1. The maximum atomic E-state index is 12.3. The average molecular weight is 244 g/mol. The summed E-state index contributed by atoms with van der Waals surface area (Å²) in [7, 11) is 0. The van der Waals surface area contributed by atoms with Gasteiger partial charge in [-0.3, -0.25) is 14.5 Å². The molecule has 0 spiro atoms. The number of amides is 2. The highest BCUT2D eigenvalue weighted by atomic mass is 16.2. The molecule has 1 saturated heterocycles. The standard InChI is InChI=1S/C14H16N2O2/c1-8-2-5-11(7-12(8)15)16-13(17)9-3-4-10(6-9)14(16)18/h2,5,7,9-10H,3-4,6,15H2,1H3. The molecule has 2 atom stereocenters. The van der Waals surface area contributed by atoms with E-state index in [1.165, 1.54) is 4.90 Å². The molecule has 4 nitrogen and oxygen atoms in total. The van der Waals surface area contributed by atoms with Crippen LogP contribution in [0.1, 0.15) is 24.8 Å². The second-order valence-electron chi connectivity index (χ2n) is 5.26. The van der Waals surface area contributed by atoms with Crippen LogP contribution >= 0.6 is 0 Å². The number of carbonyl (C=O) groups is 2. The molecular weight excluding hydrogens is 228 g/mol. The van der Waals surface area contributed by atoms with Crippen molar-refractivity contribution in [1.82, 2.24) is 0 Å². The fourth-order valence-electron chi connectivity index (χ4n) is 2.93. The Labute approximate surface area is 106 Å². The van der Waals surface area contributed by atoms with Crippen LogP contribution in [0.3, 0.4) is 0 Å². The number of rotatable bonds is 1. The van der Waals surface area contributed by atoms with Crippen molar-refractivity contribution in [3.8, 4) is 0 Å². The molecule has 1 aliphatic carbocycles. The number of anilines is 2. The van der Waals surface area contributed by atoms with Crippen molar-refractivity contribution >= 4 is 23.2 Å². The Morgan fingerprint density at radius 1 is 1.17 bits per heavy atom. The summed E-state index contributed by atoms with van der Waals surface area (Å²) in [4.78, 5) is 25.8. The van der Waals surface area contributed by atoms with Crippen molar-refractivity contribution in [2.45, 2.75) is 26.2 Å². The molecular formula is C14H16N2O2. The molecule has 0 radical (unpaired) electrons. The molecule has 4 heteroatoms. The lowest BCUT2D eigenvalue weighted by atomic mass is 9.96. The van der Waals surface area contributed by atoms with Crippen molar-refractivity contribution in [3.63, 3.8) is 0 Å². The van der Waals surface area contributed by atoms with Crippen molar-refractivity contribution in [1.29, 1.82) is 0 Å². The first-order valence-corrected chi connectivity index (χ1v) is 6.32. The summed E-state index contributed by atoms with van der Waals surface area (Å²) in [6.45, 7) is 1.91. The quantitative estimate of drug-likeness (QED) is 0.606. The first-order chi connectivity index (χ1) is 8.58. The van der Waals surface area contributed by atoms with E-state index < -0.39 is 0 Å². The summed E-state index contributed by atoms with van der Waals surface area (Å²) in [5, 5.41) is 0. The number of benzene rings is 1. The third kappa shape index (κ3) is 1.52. The number of fused-ring (bicyclic) bond motifs is 2. The highest BCUT2D eigenvalue weighted by molar-refractivity contribution is 6.18. The zero-order chi connectivity index (χ0) is 12.9. The summed E-state index contributed by atoms with van der Waals surface area (Å²) in [6, 6.07) is 5.36. The van der Waals surface area contributed by atoms with Crippen LogP contribution in [-0.4, -0.2) is 11.8 Å². The lowest BCUT2D eigenvalue weighted by Crippen LogP contribution is -2.46. The maximum absolute atomic E-state index is 12.3. The Morgan fingerprint density at radius 3 is 2.33 bits per heavy atom. The number of nitrogens with two attached hydrogens (primary N) is 1. The van der Waals surface area contributed by atoms with E-state index in [0.29, 0.717) is 11.4 Å². The normalized spacial score (nSPS) is 26.8. The van der Waals surface area contributed by atoms with Gasteiger partial charge in [0.25, 0.3) is 0 Å². The lowest BCUT2D eigenvalue weighted by molar-refractivity contribution is -0.132. The molecule has 1 aromatic carbocycles. The van der Waals surface area contributed by atoms with Gasteiger partial charge < -0.3 is 5.73 Å². The van der Waals surface area contributed by atoms with Gasteiger partial charge in [0, 0.05) is 17.5 Å². The zero-order valence-electron chi connectivity index (χ0n) is 10.3. The predicted molar refractivity (Wildman–Crippen MR) is 68.9 cm³/mol. The second-order valence-corrected chi connectivity index (χ2v) is 5.26. The van der Waals surface area contributed by atoms with Crippen LogP contribution in [0.5, 0.6) is 0 Å². The predicted octanol–water partition coefficient (Wildman–Crippen LogP) is 1.87. The van der Waals surface area contributed by atoms with E-state index in [2.05, 4.69) is 0 Å². The van der Waals surface area contributed by atoms with Gasteiger partial charge in [-0.2, -0.15) is 0 Å². The Hall–Kier alpha value is -1.84. The van der Waals surface area contributed by atoms with Gasteiger partial charge in [0.2, 0.25) is 11.8 Å². The minimum atomic E-state index is -0.0583. The van der Waals surface area contributed by atoms with Gasteiger partial charge in [0.15, 0.2) is 0 Å². The molecule has 94 valence electrons. The first-order valence-electron chi connectivity index (χ1n) is 6.32. The van der Waals surface area contributed by atoms with E-state index in [-0.39, 0.29) is 23.7 Å². The number of aryl methyl sites for hydroxylation is 1. The molecule has 2 aliphatic rings. The van der Waals surface area contributed by atoms with Crippen LogP contribution in [0.4, 0.5) is 11.4 Å². The largest absolute Gasteiger partial charge is 0.398 e. The molecule has 2 bridgehead atoms. The molecule has 2 amide bonds. The van der Waals surface area contributed by atoms with E-state index >= 15 is 0 Å². The van der Waals surface area contributed by atoms with Gasteiger partial charge in [-0.05, 0) is 43.9 Å². The van der Waals surface area contributed by atoms with Gasteiger partial charge in [0.1, 0.15) is 0 Å². The summed E-state index contributed by atoms with van der Waals surface area (Å²) < 4.78 is 0. The fourth-order valence-corrected chi connectivity index (χ4v) is 2.93. The topological polar surface area (TPSA) is 63.4 Å². The van der Waals surface area contributed by atoms with Crippen LogP contribution in [0.15, 0.2) is 18.2 Å². The van der Waals surface area contributed by atoms with E-state index in [4.69, 9.17) is 5.73 Å². The number of hydrogen-bond donors (Lipinski definition) is 1. The Morgan fingerprint density at radius 2 is 1.78 bits per heavy atom. The third-order valence-electron chi connectivity index (χ3n) is 4.09. The molecule has 1 saturated carbocycles. The summed E-state index contributed by atoms with van der Waals surface area (Å²) in [5.41, 5.74) is 8.04. The van der Waals surface area contributed by atoms with Crippen molar-refractivity contribution in [3.05, 3.63) is 23.8 Å². The Kier molecular flexibility index (Phi) is 2.40. The Bertz CT molecular complexity index is 517. The van der Waals surface area contributed by atoms with Crippen LogP contribution in [0.2, 0.25) is 0 Å². The molecule has 3 rings (SSSR count). The molecule has 2 unspecified atom stereocenters. The molecule has 18 heavy (non-hydrogen) atoms. The van der Waals surface area contributed by atoms with Gasteiger partial charge >= 0.3 is 0 Å². The minimum Gasteiger partial charge on any atom is -0.398 e. The average Bonchev–Trinajstić information content (AvgIpc) is 2.78. The van der Waals surface area contributed by atoms with Gasteiger partial charge in [-0.1, -0.05) is 6.07 Å². The zero-order valence-corrected chi connectivity index (χ0v) is 10.3. The number of nitrogen functional groups attached to an aromatic ring is 1. The lowest BCUT2D eigenvalue weighted by Gasteiger charge is -2.29. The van der Waals surface area contributed by atoms with E-state index in [1.807, 2.05) is 13.0 Å². The maximum Gasteiger partial charge on any atom is 0.236 e. The molecule has 1 heterocycles. The van der Waals surface area contributed by atoms with E-state index in [1.54, 1.807) is 12.1 Å². The van der Waals surface area contributed by atoms with Crippen molar-refractivity contribution in [2.24, 2.45) is 11.8 Å². The second kappa shape index (κ2) is 3.83. The number of carbonyl (C=O) groups excluding carboxylic acids is 2. The van der Waals surface area contributed by atoms with Gasteiger partial charge in [0.05, 0.1) is 5.69 Å². The fraction of sp³-hybridized carbons (Fsp3) is 0.429. The third-order valence-corrected chi connectivity index (χ3v) is 4.09. The van der Waals surface area contributed by atoms with E-state index in [9.17, 15) is 9.59 Å². The van der Waals surface area contributed by atoms with Crippen LogP contribution in [-0.2, 0) is 9.59 Å². The molecule has 2 fully saturated rings. The van der Waals surface area contributed by atoms with Crippen molar-refractivity contribution in [2.75, 3.05) is 10.6 Å².